The fourth-order valence-corrected chi connectivity index (χ4v) is 1.28. The number of hydrogen-bond acceptors (Lipinski definition) is 2. The van der Waals surface area contributed by atoms with Crippen molar-refractivity contribution >= 4 is 23.3 Å². The summed E-state index contributed by atoms with van der Waals surface area (Å²) < 4.78 is 0. The van der Waals surface area contributed by atoms with Gasteiger partial charge in [0.05, 0.1) is 6.42 Å². The molecule has 0 aromatic rings. The van der Waals surface area contributed by atoms with Gasteiger partial charge in [-0.25, -0.2) is 0 Å². The Morgan fingerprint density at radius 1 is 1.47 bits per heavy atom. The SMILES string of the molecule is CNC(=S)NCC(CC(=O)O)C(C)(C)C. The predicted octanol–water partition coefficient (Wildman–Crippen LogP) is 1.22. The molecule has 0 aliphatic heterocycles. The zero-order valence-electron chi connectivity index (χ0n) is 9.76. The van der Waals surface area contributed by atoms with Crippen molar-refractivity contribution in [1.29, 1.82) is 0 Å². The van der Waals surface area contributed by atoms with Crippen molar-refractivity contribution in [1.82, 2.24) is 10.6 Å². The van der Waals surface area contributed by atoms with Crippen molar-refractivity contribution in [3.05, 3.63) is 0 Å². The van der Waals surface area contributed by atoms with E-state index in [0.717, 1.165) is 0 Å². The van der Waals surface area contributed by atoms with Crippen LogP contribution in [0.4, 0.5) is 0 Å². The lowest BCUT2D eigenvalue weighted by molar-refractivity contribution is -0.139. The molecule has 3 N–H and O–H groups in total. The second-order valence-electron chi connectivity index (χ2n) is 4.62. The van der Waals surface area contributed by atoms with Gasteiger partial charge in [0, 0.05) is 13.6 Å². The molecular weight excluding hydrogens is 212 g/mol. The summed E-state index contributed by atoms with van der Waals surface area (Å²) in [5.41, 5.74) is -0.0469. The Hall–Kier alpha value is -0.840. The lowest BCUT2D eigenvalue weighted by atomic mass is 9.79. The van der Waals surface area contributed by atoms with Crippen LogP contribution in [0.5, 0.6) is 0 Å². The molecule has 88 valence electrons. The summed E-state index contributed by atoms with van der Waals surface area (Å²) in [5.74, 6) is -0.714. The molecule has 0 aromatic heterocycles. The van der Waals surface area contributed by atoms with Crippen molar-refractivity contribution in [3.63, 3.8) is 0 Å². The molecule has 0 spiro atoms. The smallest absolute Gasteiger partial charge is 0.303 e. The van der Waals surface area contributed by atoms with E-state index in [1.165, 1.54) is 0 Å². The third-order valence-corrected chi connectivity index (χ3v) is 2.73. The van der Waals surface area contributed by atoms with Crippen molar-refractivity contribution in [2.75, 3.05) is 13.6 Å². The summed E-state index contributed by atoms with van der Waals surface area (Å²) in [6, 6.07) is 0. The molecule has 0 rings (SSSR count). The van der Waals surface area contributed by atoms with Crippen molar-refractivity contribution in [2.45, 2.75) is 27.2 Å². The maximum atomic E-state index is 10.7. The van der Waals surface area contributed by atoms with E-state index < -0.39 is 5.97 Å². The van der Waals surface area contributed by atoms with Crippen LogP contribution >= 0.6 is 12.2 Å². The van der Waals surface area contributed by atoms with E-state index in [2.05, 4.69) is 10.6 Å². The first-order chi connectivity index (χ1) is 6.77. The van der Waals surface area contributed by atoms with Crippen LogP contribution in [0.15, 0.2) is 0 Å². The number of hydrogen-bond donors (Lipinski definition) is 3. The van der Waals surface area contributed by atoms with Gasteiger partial charge in [-0.2, -0.15) is 0 Å². The second-order valence-corrected chi connectivity index (χ2v) is 5.03. The molecular formula is C10H20N2O2S. The van der Waals surface area contributed by atoms with Gasteiger partial charge in [0.15, 0.2) is 5.11 Å². The third kappa shape index (κ3) is 6.28. The van der Waals surface area contributed by atoms with E-state index in [1.807, 2.05) is 20.8 Å². The molecule has 0 saturated heterocycles. The summed E-state index contributed by atoms with van der Waals surface area (Å²) in [6.45, 7) is 6.68. The molecule has 0 amide bonds. The number of thiocarbonyl (C=S) groups is 1. The number of carbonyl (C=O) groups is 1. The fraction of sp³-hybridized carbons (Fsp3) is 0.800. The first kappa shape index (κ1) is 14.2. The molecule has 0 aliphatic rings. The highest BCUT2D eigenvalue weighted by Gasteiger charge is 2.26. The maximum Gasteiger partial charge on any atom is 0.303 e. The van der Waals surface area contributed by atoms with E-state index >= 15 is 0 Å². The molecule has 0 fully saturated rings. The fourth-order valence-electron chi connectivity index (χ4n) is 1.20. The van der Waals surface area contributed by atoms with Gasteiger partial charge in [-0.1, -0.05) is 20.8 Å². The van der Waals surface area contributed by atoms with E-state index in [-0.39, 0.29) is 17.8 Å². The van der Waals surface area contributed by atoms with Gasteiger partial charge in [0.1, 0.15) is 0 Å². The number of aliphatic carboxylic acids is 1. The monoisotopic (exact) mass is 232 g/mol. The van der Waals surface area contributed by atoms with Gasteiger partial charge >= 0.3 is 5.97 Å². The minimum atomic E-state index is -0.771. The first-order valence-electron chi connectivity index (χ1n) is 4.94. The van der Waals surface area contributed by atoms with Crippen LogP contribution in [0.3, 0.4) is 0 Å². The molecule has 0 heterocycles. The van der Waals surface area contributed by atoms with Crippen LogP contribution in [-0.2, 0) is 4.79 Å². The molecule has 4 nitrogen and oxygen atoms in total. The lowest BCUT2D eigenvalue weighted by Crippen LogP contribution is -2.40. The Morgan fingerprint density at radius 2 is 2.00 bits per heavy atom. The van der Waals surface area contributed by atoms with Gasteiger partial charge in [-0.3, -0.25) is 4.79 Å². The normalized spacial score (nSPS) is 13.1. The summed E-state index contributed by atoms with van der Waals surface area (Å²) in [7, 11) is 1.73. The molecule has 15 heavy (non-hydrogen) atoms. The molecule has 1 atom stereocenters. The molecule has 0 aliphatic carbocycles. The summed E-state index contributed by atoms with van der Waals surface area (Å²) >= 11 is 4.94. The zero-order chi connectivity index (χ0) is 12.1. The standard InChI is InChI=1S/C10H20N2O2S/c1-10(2,3)7(5-8(13)14)6-12-9(15)11-4/h7H,5-6H2,1-4H3,(H,13,14)(H2,11,12,15). The number of rotatable bonds is 4. The maximum absolute atomic E-state index is 10.7. The first-order valence-corrected chi connectivity index (χ1v) is 5.35. The van der Waals surface area contributed by atoms with E-state index in [1.54, 1.807) is 7.05 Å². The van der Waals surface area contributed by atoms with Crippen molar-refractivity contribution in [3.8, 4) is 0 Å². The number of nitrogens with one attached hydrogen (secondary N) is 2. The molecule has 1 unspecified atom stereocenters. The summed E-state index contributed by atoms with van der Waals surface area (Å²) in [4.78, 5) is 10.7. The van der Waals surface area contributed by atoms with Gasteiger partial charge in [0.2, 0.25) is 0 Å². The molecule has 0 aromatic carbocycles. The number of carboxylic acid groups (broad SMARTS) is 1. The van der Waals surface area contributed by atoms with Gasteiger partial charge in [-0.05, 0) is 23.6 Å². The quantitative estimate of drug-likeness (QED) is 0.636. The van der Waals surface area contributed by atoms with E-state index in [4.69, 9.17) is 17.3 Å². The highest BCUT2D eigenvalue weighted by molar-refractivity contribution is 7.80. The Balaban J connectivity index is 4.26. The highest BCUT2D eigenvalue weighted by atomic mass is 32.1. The van der Waals surface area contributed by atoms with Gasteiger partial charge in [0.25, 0.3) is 0 Å². The van der Waals surface area contributed by atoms with Crippen LogP contribution in [0.1, 0.15) is 27.2 Å². The van der Waals surface area contributed by atoms with Crippen LogP contribution in [-0.4, -0.2) is 29.8 Å². The van der Waals surface area contributed by atoms with Crippen LogP contribution in [0.2, 0.25) is 0 Å². The lowest BCUT2D eigenvalue weighted by Gasteiger charge is -2.30. The Bertz CT molecular complexity index is 236. The average molecular weight is 232 g/mol. The molecule has 0 saturated carbocycles. The summed E-state index contributed by atoms with van der Waals surface area (Å²) in [6.07, 6.45) is 0.156. The second kappa shape index (κ2) is 5.90. The zero-order valence-corrected chi connectivity index (χ0v) is 10.6. The predicted molar refractivity (Wildman–Crippen MR) is 64.9 cm³/mol. The van der Waals surface area contributed by atoms with E-state index in [9.17, 15) is 4.79 Å². The Morgan fingerprint density at radius 3 is 2.33 bits per heavy atom. The van der Waals surface area contributed by atoms with Crippen LogP contribution in [0, 0.1) is 11.3 Å². The average Bonchev–Trinajstić information content (AvgIpc) is 2.09. The van der Waals surface area contributed by atoms with E-state index in [0.29, 0.717) is 11.7 Å². The topological polar surface area (TPSA) is 61.4 Å². The van der Waals surface area contributed by atoms with Crippen molar-refractivity contribution < 1.29 is 9.90 Å². The van der Waals surface area contributed by atoms with Crippen molar-refractivity contribution in [2.24, 2.45) is 11.3 Å². The summed E-state index contributed by atoms with van der Waals surface area (Å²) in [5, 5.41) is 15.1. The highest BCUT2D eigenvalue weighted by Crippen LogP contribution is 2.27. The molecule has 5 heteroatoms. The Labute approximate surface area is 96.4 Å². The molecule has 0 bridgehead atoms. The van der Waals surface area contributed by atoms with Crippen LogP contribution in [0.25, 0.3) is 0 Å². The van der Waals surface area contributed by atoms with Crippen LogP contribution < -0.4 is 10.6 Å². The Kier molecular flexibility index (Phi) is 5.57. The minimum absolute atomic E-state index is 0.0469. The van der Waals surface area contributed by atoms with Gasteiger partial charge in [-0.15, -0.1) is 0 Å². The third-order valence-electron chi connectivity index (χ3n) is 2.38. The minimum Gasteiger partial charge on any atom is -0.481 e. The van der Waals surface area contributed by atoms with Gasteiger partial charge < -0.3 is 15.7 Å². The number of carboxylic acids is 1. The largest absolute Gasteiger partial charge is 0.481 e. The molecule has 0 radical (unpaired) electrons.